The van der Waals surface area contributed by atoms with Crippen LogP contribution in [-0.2, 0) is 0 Å². The zero-order chi connectivity index (χ0) is 9.52. The van der Waals surface area contributed by atoms with Gasteiger partial charge in [0, 0.05) is 25.8 Å². The van der Waals surface area contributed by atoms with Crippen LogP contribution in [0, 0.1) is 0 Å². The van der Waals surface area contributed by atoms with Crippen LogP contribution < -0.4 is 10.6 Å². The number of hydrogen-bond donors (Lipinski definition) is 2. The third-order valence-electron chi connectivity index (χ3n) is 2.40. The van der Waals surface area contributed by atoms with Crippen molar-refractivity contribution in [2.45, 2.75) is 19.4 Å². The van der Waals surface area contributed by atoms with Crippen LogP contribution in [0.15, 0.2) is 12.2 Å². The molecule has 2 N–H and O–H groups in total. The Morgan fingerprint density at radius 1 is 1.54 bits per heavy atom. The third-order valence-corrected chi connectivity index (χ3v) is 2.40. The summed E-state index contributed by atoms with van der Waals surface area (Å²) in [4.78, 5) is 2.36. The van der Waals surface area contributed by atoms with E-state index in [2.05, 4.69) is 34.7 Å². The van der Waals surface area contributed by atoms with Crippen LogP contribution in [0.1, 0.15) is 13.3 Å². The smallest absolute Gasteiger partial charge is 0.0459 e. The molecule has 0 aromatic carbocycles. The van der Waals surface area contributed by atoms with Crippen LogP contribution in [-0.4, -0.2) is 44.3 Å². The van der Waals surface area contributed by atoms with Crippen molar-refractivity contribution in [3.8, 4) is 0 Å². The summed E-state index contributed by atoms with van der Waals surface area (Å²) in [7, 11) is 2.18. The van der Waals surface area contributed by atoms with Crippen molar-refractivity contribution in [1.82, 2.24) is 15.5 Å². The highest BCUT2D eigenvalue weighted by Gasteiger charge is 2.17. The van der Waals surface area contributed by atoms with Crippen molar-refractivity contribution in [3.05, 3.63) is 12.2 Å². The van der Waals surface area contributed by atoms with Crippen molar-refractivity contribution in [2.75, 3.05) is 33.4 Å². The summed E-state index contributed by atoms with van der Waals surface area (Å²) in [6.45, 7) is 6.34. The Morgan fingerprint density at radius 3 is 3.00 bits per heavy atom. The molecule has 0 saturated carbocycles. The SMILES string of the molecule is C/C=C/CNCN[C@@H]1CCN(C)C1. The van der Waals surface area contributed by atoms with Crippen molar-refractivity contribution < 1.29 is 0 Å². The quantitative estimate of drug-likeness (QED) is 0.367. The first-order valence-electron chi connectivity index (χ1n) is 5.06. The van der Waals surface area contributed by atoms with Crippen molar-refractivity contribution in [3.63, 3.8) is 0 Å². The Morgan fingerprint density at radius 2 is 2.38 bits per heavy atom. The molecule has 1 fully saturated rings. The van der Waals surface area contributed by atoms with Gasteiger partial charge >= 0.3 is 0 Å². The van der Waals surface area contributed by atoms with Crippen LogP contribution in [0.2, 0.25) is 0 Å². The Bertz CT molecular complexity index is 156. The van der Waals surface area contributed by atoms with E-state index >= 15 is 0 Å². The summed E-state index contributed by atoms with van der Waals surface area (Å²) in [6, 6.07) is 0.683. The molecule has 0 aromatic heterocycles. The maximum atomic E-state index is 3.48. The van der Waals surface area contributed by atoms with Gasteiger partial charge in [0.05, 0.1) is 0 Å². The van der Waals surface area contributed by atoms with Gasteiger partial charge in [-0.2, -0.15) is 0 Å². The first kappa shape index (κ1) is 10.7. The zero-order valence-electron chi connectivity index (χ0n) is 8.71. The largest absolute Gasteiger partial charge is 0.305 e. The lowest BCUT2D eigenvalue weighted by Gasteiger charge is -2.12. The Hall–Kier alpha value is -0.380. The normalized spacial score (nSPS) is 24.6. The monoisotopic (exact) mass is 183 g/mol. The maximum absolute atomic E-state index is 3.48. The fraction of sp³-hybridized carbons (Fsp3) is 0.800. The van der Waals surface area contributed by atoms with Crippen LogP contribution in [0.4, 0.5) is 0 Å². The molecule has 1 saturated heterocycles. The van der Waals surface area contributed by atoms with Gasteiger partial charge in [-0.25, -0.2) is 0 Å². The molecule has 1 heterocycles. The van der Waals surface area contributed by atoms with E-state index in [9.17, 15) is 0 Å². The molecule has 0 radical (unpaired) electrons. The molecule has 1 aliphatic heterocycles. The molecular weight excluding hydrogens is 162 g/mol. The molecule has 1 rings (SSSR count). The van der Waals surface area contributed by atoms with Gasteiger partial charge in [0.1, 0.15) is 0 Å². The fourth-order valence-corrected chi connectivity index (χ4v) is 1.59. The van der Waals surface area contributed by atoms with Gasteiger partial charge in [0.15, 0.2) is 0 Å². The average Bonchev–Trinajstić information content (AvgIpc) is 2.51. The molecule has 3 nitrogen and oxygen atoms in total. The minimum absolute atomic E-state index is 0.683. The van der Waals surface area contributed by atoms with E-state index in [4.69, 9.17) is 0 Å². The second-order valence-electron chi connectivity index (χ2n) is 3.65. The van der Waals surface area contributed by atoms with Crippen LogP contribution in [0.3, 0.4) is 0 Å². The number of nitrogens with one attached hydrogen (secondary N) is 2. The van der Waals surface area contributed by atoms with Crippen LogP contribution in [0.25, 0.3) is 0 Å². The zero-order valence-corrected chi connectivity index (χ0v) is 8.71. The molecule has 0 aliphatic carbocycles. The van der Waals surface area contributed by atoms with Crippen LogP contribution in [0.5, 0.6) is 0 Å². The second-order valence-corrected chi connectivity index (χ2v) is 3.65. The van der Waals surface area contributed by atoms with Gasteiger partial charge in [-0.1, -0.05) is 12.2 Å². The molecule has 0 spiro atoms. The van der Waals surface area contributed by atoms with Gasteiger partial charge in [-0.05, 0) is 26.9 Å². The topological polar surface area (TPSA) is 27.3 Å². The van der Waals surface area contributed by atoms with E-state index in [1.807, 2.05) is 6.92 Å². The van der Waals surface area contributed by atoms with Gasteiger partial charge in [0.25, 0.3) is 0 Å². The van der Waals surface area contributed by atoms with E-state index in [-0.39, 0.29) is 0 Å². The molecular formula is C10H21N3. The molecule has 1 aliphatic rings. The minimum atomic E-state index is 0.683. The van der Waals surface area contributed by atoms with E-state index in [0.717, 1.165) is 13.2 Å². The van der Waals surface area contributed by atoms with E-state index in [1.165, 1.54) is 19.5 Å². The summed E-state index contributed by atoms with van der Waals surface area (Å²) in [6.07, 6.45) is 5.47. The highest BCUT2D eigenvalue weighted by Crippen LogP contribution is 2.04. The first-order valence-corrected chi connectivity index (χ1v) is 5.06. The number of allylic oxidation sites excluding steroid dienone is 1. The highest BCUT2D eigenvalue weighted by molar-refractivity contribution is 4.81. The highest BCUT2D eigenvalue weighted by atomic mass is 15.2. The van der Waals surface area contributed by atoms with Crippen molar-refractivity contribution in [1.29, 1.82) is 0 Å². The second kappa shape index (κ2) is 6.13. The third kappa shape index (κ3) is 4.41. The predicted molar refractivity (Wildman–Crippen MR) is 56.7 cm³/mol. The number of likely N-dealkylation sites (N-methyl/N-ethyl adjacent to an activating group) is 1. The number of nitrogens with zero attached hydrogens (tertiary/aromatic N) is 1. The van der Waals surface area contributed by atoms with Gasteiger partial charge in [0.2, 0.25) is 0 Å². The Labute approximate surface area is 81.2 Å². The van der Waals surface area contributed by atoms with Crippen LogP contribution >= 0.6 is 0 Å². The Balaban J connectivity index is 1.94. The minimum Gasteiger partial charge on any atom is -0.305 e. The lowest BCUT2D eigenvalue weighted by atomic mass is 10.3. The molecule has 0 bridgehead atoms. The summed E-state index contributed by atoms with van der Waals surface area (Å²) < 4.78 is 0. The molecule has 0 unspecified atom stereocenters. The van der Waals surface area contributed by atoms with Crippen molar-refractivity contribution >= 4 is 0 Å². The van der Waals surface area contributed by atoms with E-state index < -0.39 is 0 Å². The van der Waals surface area contributed by atoms with Crippen molar-refractivity contribution in [2.24, 2.45) is 0 Å². The molecule has 0 amide bonds. The van der Waals surface area contributed by atoms with E-state index in [0.29, 0.717) is 6.04 Å². The molecule has 3 heteroatoms. The van der Waals surface area contributed by atoms with Gasteiger partial charge in [-0.15, -0.1) is 0 Å². The summed E-state index contributed by atoms with van der Waals surface area (Å²) in [5.74, 6) is 0. The lowest BCUT2D eigenvalue weighted by Crippen LogP contribution is -2.38. The lowest BCUT2D eigenvalue weighted by molar-refractivity contribution is 0.395. The Kier molecular flexibility index (Phi) is 5.05. The maximum Gasteiger partial charge on any atom is 0.0459 e. The van der Waals surface area contributed by atoms with Gasteiger partial charge < -0.3 is 15.5 Å². The van der Waals surface area contributed by atoms with Gasteiger partial charge in [-0.3, -0.25) is 0 Å². The number of likely N-dealkylation sites (tertiary alicyclic amines) is 1. The molecule has 1 atom stereocenters. The molecule has 0 aromatic rings. The average molecular weight is 183 g/mol. The molecule has 76 valence electrons. The predicted octanol–water partition coefficient (Wildman–Crippen LogP) is 0.403. The standard InChI is InChI=1S/C10H21N3/c1-3-4-6-11-9-12-10-5-7-13(2)8-10/h3-4,10-12H,5-9H2,1-2H3/b4-3+/t10-/m1/s1. The summed E-state index contributed by atoms with van der Waals surface area (Å²) in [5.41, 5.74) is 0. The number of rotatable bonds is 5. The fourth-order valence-electron chi connectivity index (χ4n) is 1.59. The first-order chi connectivity index (χ1) is 6.33. The molecule has 13 heavy (non-hydrogen) atoms. The number of hydrogen-bond acceptors (Lipinski definition) is 3. The van der Waals surface area contributed by atoms with E-state index in [1.54, 1.807) is 0 Å². The summed E-state index contributed by atoms with van der Waals surface area (Å²) in [5, 5.41) is 6.80. The summed E-state index contributed by atoms with van der Waals surface area (Å²) >= 11 is 0.